The maximum absolute atomic E-state index is 2.56. The van der Waals surface area contributed by atoms with Crippen LogP contribution in [0.2, 0.25) is 0 Å². The highest BCUT2D eigenvalue weighted by atomic mass is 15.2. The Morgan fingerprint density at radius 2 is 0.943 bits per heavy atom. The molecule has 4 aliphatic rings. The molecule has 0 N–H and O–H groups in total. The summed E-state index contributed by atoms with van der Waals surface area (Å²) in [4.78, 5) is 2.56. The molecule has 0 fully saturated rings. The van der Waals surface area contributed by atoms with Crippen LogP contribution in [0.3, 0.4) is 0 Å². The first kappa shape index (κ1) is 30.4. The van der Waals surface area contributed by atoms with Gasteiger partial charge in [0.25, 0.3) is 0 Å². The summed E-state index contributed by atoms with van der Waals surface area (Å²) in [5.74, 6) is 0. The minimum atomic E-state index is -0.313. The fraction of sp³-hybridized carbons (Fsp3) is 0.115. The number of benzene rings is 7. The van der Waals surface area contributed by atoms with E-state index in [1.54, 1.807) is 0 Å². The summed E-state index contributed by atoms with van der Waals surface area (Å²) in [7, 11) is 0. The second kappa shape index (κ2) is 11.2. The molecule has 0 amide bonds. The third-order valence-electron chi connectivity index (χ3n) is 12.7. The van der Waals surface area contributed by atoms with E-state index >= 15 is 0 Å². The first-order valence-electron chi connectivity index (χ1n) is 19.0. The van der Waals surface area contributed by atoms with Gasteiger partial charge in [-0.3, -0.25) is 0 Å². The normalized spacial score (nSPS) is 17.5. The van der Waals surface area contributed by atoms with E-state index < -0.39 is 0 Å². The zero-order valence-corrected chi connectivity index (χ0v) is 30.1. The molecule has 0 aromatic heterocycles. The molecule has 7 aromatic carbocycles. The monoisotopic (exact) mass is 677 g/mol. The summed E-state index contributed by atoms with van der Waals surface area (Å²) in [6.45, 7) is 4.75. The van der Waals surface area contributed by atoms with Gasteiger partial charge in [0, 0.05) is 16.8 Å². The summed E-state index contributed by atoms with van der Waals surface area (Å²) in [6, 6.07) is 63.6. The van der Waals surface area contributed by atoms with Crippen LogP contribution in [0.1, 0.15) is 53.6 Å². The second-order valence-corrected chi connectivity index (χ2v) is 15.6. The lowest BCUT2D eigenvalue weighted by molar-refractivity contribution is 0.662. The first-order valence-corrected chi connectivity index (χ1v) is 19.0. The summed E-state index contributed by atoms with van der Waals surface area (Å²) >= 11 is 0. The molecule has 0 saturated carbocycles. The van der Waals surface area contributed by atoms with Crippen molar-refractivity contribution >= 4 is 16.9 Å². The number of rotatable bonds is 4. The number of hydrogen-bond acceptors (Lipinski definition) is 1. The zero-order chi connectivity index (χ0) is 35.3. The van der Waals surface area contributed by atoms with Gasteiger partial charge < -0.3 is 4.90 Å². The largest absolute Gasteiger partial charge is 0.334 e. The molecule has 1 nitrogen and oxygen atoms in total. The molecule has 0 bridgehead atoms. The van der Waals surface area contributed by atoms with Crippen LogP contribution in [-0.4, -0.2) is 6.04 Å². The Kier molecular flexibility index (Phi) is 6.41. The van der Waals surface area contributed by atoms with Gasteiger partial charge in [-0.1, -0.05) is 172 Å². The Balaban J connectivity index is 1.03. The van der Waals surface area contributed by atoms with Crippen molar-refractivity contribution in [2.45, 2.75) is 37.1 Å². The molecule has 53 heavy (non-hydrogen) atoms. The third-order valence-corrected chi connectivity index (χ3v) is 12.7. The summed E-state index contributed by atoms with van der Waals surface area (Å²) in [5.41, 5.74) is 21.3. The Bertz CT molecular complexity index is 2630. The van der Waals surface area contributed by atoms with E-state index in [4.69, 9.17) is 0 Å². The third kappa shape index (κ3) is 4.08. The predicted molar refractivity (Wildman–Crippen MR) is 221 cm³/mol. The van der Waals surface area contributed by atoms with Gasteiger partial charge in [-0.05, 0) is 109 Å². The Morgan fingerprint density at radius 3 is 1.60 bits per heavy atom. The molecular weight excluding hydrogens is 639 g/mol. The summed E-state index contributed by atoms with van der Waals surface area (Å²) < 4.78 is 0. The van der Waals surface area contributed by atoms with Crippen LogP contribution >= 0.6 is 0 Å². The van der Waals surface area contributed by atoms with Gasteiger partial charge in [0.1, 0.15) is 0 Å². The number of nitrogens with zero attached hydrogens (tertiary/aromatic N) is 1. The molecule has 0 radical (unpaired) electrons. The lowest BCUT2D eigenvalue weighted by atomic mass is 9.67. The molecule has 1 heteroatoms. The van der Waals surface area contributed by atoms with E-state index in [9.17, 15) is 0 Å². The van der Waals surface area contributed by atoms with Crippen LogP contribution in [-0.2, 0) is 10.8 Å². The van der Waals surface area contributed by atoms with Crippen molar-refractivity contribution < 1.29 is 0 Å². The standard InChI is InChI=1S/C52H39N/c1-51(2)45-23-10-6-20-42(45)44-22-14-21-38(50(44)51)34-27-29-36(30-28-34)53(35-15-4-3-5-16-35)37-31-32-43-41-19-9-13-26-48(41)52(49(43)33-37)46-24-11-7-17-39(46)40-18-8-12-25-47(40)52/h3-32,37H,33H2,1-2H3. The van der Waals surface area contributed by atoms with Crippen molar-refractivity contribution in [3.63, 3.8) is 0 Å². The highest BCUT2D eigenvalue weighted by molar-refractivity contribution is 5.97. The Labute approximate surface area is 312 Å². The van der Waals surface area contributed by atoms with Crippen molar-refractivity contribution in [2.75, 3.05) is 4.90 Å². The lowest BCUT2D eigenvalue weighted by Gasteiger charge is -2.39. The van der Waals surface area contributed by atoms with Crippen molar-refractivity contribution in [3.05, 3.63) is 221 Å². The molecule has 1 unspecified atom stereocenters. The van der Waals surface area contributed by atoms with Crippen LogP contribution in [0, 0.1) is 0 Å². The molecule has 1 atom stereocenters. The van der Waals surface area contributed by atoms with Gasteiger partial charge in [-0.15, -0.1) is 0 Å². The Morgan fingerprint density at radius 1 is 0.453 bits per heavy atom. The molecule has 252 valence electrons. The number of allylic oxidation sites excluding steroid dienone is 2. The average Bonchev–Trinajstić information content (AvgIpc) is 3.77. The number of fused-ring (bicyclic) bond motifs is 12. The Hall–Kier alpha value is -6.18. The van der Waals surface area contributed by atoms with Gasteiger partial charge in [0.05, 0.1) is 11.5 Å². The van der Waals surface area contributed by atoms with Gasteiger partial charge in [0.2, 0.25) is 0 Å². The topological polar surface area (TPSA) is 3.24 Å². The van der Waals surface area contributed by atoms with Gasteiger partial charge in [-0.2, -0.15) is 0 Å². The van der Waals surface area contributed by atoms with Crippen molar-refractivity contribution in [1.82, 2.24) is 0 Å². The minimum absolute atomic E-state index is 0.0676. The number of para-hydroxylation sites is 1. The maximum atomic E-state index is 2.56. The predicted octanol–water partition coefficient (Wildman–Crippen LogP) is 12.9. The van der Waals surface area contributed by atoms with Crippen molar-refractivity contribution in [2.24, 2.45) is 0 Å². The fourth-order valence-corrected chi connectivity index (χ4v) is 10.5. The SMILES string of the molecule is CC1(C)c2ccccc2-c2cccc(-c3ccc(N(c4ccccc4)C4C=CC5=C(C4)C4(c6ccccc65)c5ccccc5-c5ccccc54)cc3)c21. The van der Waals surface area contributed by atoms with E-state index in [2.05, 4.69) is 201 Å². The minimum Gasteiger partial charge on any atom is -0.334 e. The van der Waals surface area contributed by atoms with E-state index in [-0.39, 0.29) is 16.9 Å². The fourth-order valence-electron chi connectivity index (χ4n) is 10.5. The van der Waals surface area contributed by atoms with E-state index in [1.807, 2.05) is 0 Å². The molecule has 7 aromatic rings. The molecule has 1 spiro atoms. The average molecular weight is 678 g/mol. The van der Waals surface area contributed by atoms with Crippen molar-refractivity contribution in [3.8, 4) is 33.4 Å². The summed E-state index contributed by atoms with van der Waals surface area (Å²) in [6.07, 6.45) is 5.79. The van der Waals surface area contributed by atoms with Gasteiger partial charge >= 0.3 is 0 Å². The van der Waals surface area contributed by atoms with Crippen LogP contribution in [0.4, 0.5) is 11.4 Å². The molecule has 11 rings (SSSR count). The maximum Gasteiger partial charge on any atom is 0.0689 e. The van der Waals surface area contributed by atoms with Crippen LogP contribution in [0.15, 0.2) is 188 Å². The second-order valence-electron chi connectivity index (χ2n) is 15.6. The van der Waals surface area contributed by atoms with Crippen LogP contribution < -0.4 is 4.90 Å². The van der Waals surface area contributed by atoms with E-state index in [0.29, 0.717) is 0 Å². The van der Waals surface area contributed by atoms with Gasteiger partial charge in [-0.25, -0.2) is 0 Å². The lowest BCUT2D eigenvalue weighted by Crippen LogP contribution is -2.35. The number of hydrogen-bond donors (Lipinski definition) is 0. The van der Waals surface area contributed by atoms with Crippen LogP contribution in [0.25, 0.3) is 39.0 Å². The van der Waals surface area contributed by atoms with Crippen molar-refractivity contribution in [1.29, 1.82) is 0 Å². The molecule has 0 saturated heterocycles. The number of anilines is 2. The van der Waals surface area contributed by atoms with Gasteiger partial charge in [0.15, 0.2) is 0 Å². The quantitative estimate of drug-likeness (QED) is 0.179. The molecular formula is C52H39N. The van der Waals surface area contributed by atoms with E-state index in [1.165, 1.54) is 89.3 Å². The smallest absolute Gasteiger partial charge is 0.0689 e. The highest BCUT2D eigenvalue weighted by Crippen LogP contribution is 2.64. The molecule has 0 aliphatic heterocycles. The molecule has 4 aliphatic carbocycles. The zero-order valence-electron chi connectivity index (χ0n) is 30.1. The van der Waals surface area contributed by atoms with E-state index in [0.717, 1.165) is 6.42 Å². The first-order chi connectivity index (χ1) is 26.1. The van der Waals surface area contributed by atoms with Crippen LogP contribution in [0.5, 0.6) is 0 Å². The molecule has 0 heterocycles. The highest BCUT2D eigenvalue weighted by Gasteiger charge is 2.53. The summed E-state index contributed by atoms with van der Waals surface area (Å²) in [5, 5.41) is 0.